The zero-order valence-electron chi connectivity index (χ0n) is 11.2. The fraction of sp³-hybridized carbons (Fsp3) is 0.118. The number of rotatable bonds is 4. The smallest absolute Gasteiger partial charge is 0.328 e. The Balaban J connectivity index is 2.02. The van der Waals surface area contributed by atoms with Gasteiger partial charge in [-0.25, -0.2) is 4.79 Å². The van der Waals surface area contributed by atoms with Crippen LogP contribution in [0, 0.1) is 6.92 Å². The summed E-state index contributed by atoms with van der Waals surface area (Å²) in [6.45, 7) is 2.60. The quantitative estimate of drug-likeness (QED) is 0.671. The van der Waals surface area contributed by atoms with E-state index in [2.05, 4.69) is 19.1 Å². The zero-order valence-corrected chi connectivity index (χ0v) is 11.2. The first-order valence-corrected chi connectivity index (χ1v) is 6.33. The van der Waals surface area contributed by atoms with Crippen LogP contribution >= 0.6 is 0 Å². The number of carboxylic acids is 1. The van der Waals surface area contributed by atoms with Crippen LogP contribution in [0.4, 0.5) is 0 Å². The highest BCUT2D eigenvalue weighted by atomic mass is 16.5. The minimum absolute atomic E-state index is 0.547. The van der Waals surface area contributed by atoms with Gasteiger partial charge in [-0.3, -0.25) is 0 Å². The van der Waals surface area contributed by atoms with E-state index in [0.717, 1.165) is 23.0 Å². The molecule has 1 heterocycles. The third-order valence-corrected chi connectivity index (χ3v) is 2.78. The minimum Gasteiger partial charge on any atom is -0.488 e. The number of fused-ring (bicyclic) bond motifs is 1. The molecule has 0 atom stereocenters. The monoisotopic (exact) mass is 268 g/mol. The molecule has 102 valence electrons. The van der Waals surface area contributed by atoms with Crippen molar-refractivity contribution in [1.29, 1.82) is 0 Å². The second-order valence-corrected chi connectivity index (χ2v) is 4.49. The molecule has 1 N–H and O–H groups in total. The van der Waals surface area contributed by atoms with Crippen LogP contribution in [-0.4, -0.2) is 17.7 Å². The molecule has 0 bridgehead atoms. The highest BCUT2D eigenvalue weighted by molar-refractivity contribution is 5.80. The summed E-state index contributed by atoms with van der Waals surface area (Å²) < 4.78 is 5.67. The van der Waals surface area contributed by atoms with Crippen LogP contribution in [0.3, 0.4) is 0 Å². The van der Waals surface area contributed by atoms with Crippen molar-refractivity contribution in [2.24, 2.45) is 0 Å². The van der Waals surface area contributed by atoms with Crippen LogP contribution in [0.25, 0.3) is 6.08 Å². The van der Waals surface area contributed by atoms with E-state index >= 15 is 0 Å². The largest absolute Gasteiger partial charge is 0.488 e. The maximum atomic E-state index is 10.3. The molecular weight excluding hydrogens is 252 g/mol. The van der Waals surface area contributed by atoms with Crippen molar-refractivity contribution in [3.63, 3.8) is 0 Å². The Morgan fingerprint density at radius 3 is 2.85 bits per heavy atom. The Hall–Kier alpha value is -2.55. The molecular formula is C17H16O3. The molecule has 0 unspecified atom stereocenters. The van der Waals surface area contributed by atoms with Gasteiger partial charge in [-0.05, 0) is 30.7 Å². The Morgan fingerprint density at radius 2 is 2.05 bits per heavy atom. The first kappa shape index (κ1) is 13.9. The van der Waals surface area contributed by atoms with Gasteiger partial charge in [-0.15, -0.1) is 0 Å². The predicted molar refractivity (Wildman–Crippen MR) is 79.7 cm³/mol. The van der Waals surface area contributed by atoms with E-state index in [1.165, 1.54) is 11.6 Å². The van der Waals surface area contributed by atoms with E-state index in [9.17, 15) is 4.79 Å². The van der Waals surface area contributed by atoms with E-state index in [1.54, 1.807) is 12.2 Å². The van der Waals surface area contributed by atoms with Gasteiger partial charge in [0.15, 0.2) is 0 Å². The standard InChI is InChI=1S/C17H16O3/c1-13-8-9-16-15(10-13)11-14(12-20-16)6-4-2-3-5-7-17(18)19/h2-11H,12H2,1H3,(H,18,19). The molecule has 3 heteroatoms. The van der Waals surface area contributed by atoms with Crippen LogP contribution in [-0.2, 0) is 4.79 Å². The second kappa shape index (κ2) is 6.57. The van der Waals surface area contributed by atoms with Gasteiger partial charge in [0.05, 0.1) is 0 Å². The lowest BCUT2D eigenvalue weighted by atomic mass is 10.0. The van der Waals surface area contributed by atoms with Crippen LogP contribution < -0.4 is 4.74 Å². The molecule has 20 heavy (non-hydrogen) atoms. The molecule has 0 aliphatic carbocycles. The summed E-state index contributed by atoms with van der Waals surface area (Å²) in [5.74, 6) is -0.0401. The van der Waals surface area contributed by atoms with Gasteiger partial charge < -0.3 is 9.84 Å². The molecule has 0 fully saturated rings. The molecule has 0 radical (unpaired) electrons. The van der Waals surface area contributed by atoms with Gasteiger partial charge in [0, 0.05) is 11.6 Å². The molecule has 1 aliphatic rings. The van der Waals surface area contributed by atoms with Crippen LogP contribution in [0.1, 0.15) is 11.1 Å². The normalized spacial score (nSPS) is 14.6. The van der Waals surface area contributed by atoms with Gasteiger partial charge in [-0.1, -0.05) is 42.0 Å². The van der Waals surface area contributed by atoms with Gasteiger partial charge in [0.1, 0.15) is 12.4 Å². The van der Waals surface area contributed by atoms with Crippen molar-refractivity contribution in [2.45, 2.75) is 6.92 Å². The number of hydrogen-bond donors (Lipinski definition) is 1. The average Bonchev–Trinajstić information content (AvgIpc) is 2.42. The second-order valence-electron chi connectivity index (χ2n) is 4.49. The molecule has 1 aromatic carbocycles. The van der Waals surface area contributed by atoms with E-state index in [-0.39, 0.29) is 0 Å². The third-order valence-electron chi connectivity index (χ3n) is 2.78. The van der Waals surface area contributed by atoms with Crippen LogP contribution in [0.2, 0.25) is 0 Å². The summed E-state index contributed by atoms with van der Waals surface area (Å²) in [6, 6.07) is 6.11. The Kier molecular flexibility index (Phi) is 4.56. The highest BCUT2D eigenvalue weighted by Crippen LogP contribution is 2.27. The fourth-order valence-electron chi connectivity index (χ4n) is 1.86. The van der Waals surface area contributed by atoms with E-state index in [1.807, 2.05) is 24.3 Å². The molecule has 0 saturated heterocycles. The fourth-order valence-corrected chi connectivity index (χ4v) is 1.86. The van der Waals surface area contributed by atoms with Gasteiger partial charge in [-0.2, -0.15) is 0 Å². The van der Waals surface area contributed by atoms with Crippen molar-refractivity contribution in [3.8, 4) is 5.75 Å². The van der Waals surface area contributed by atoms with Crippen molar-refractivity contribution in [1.82, 2.24) is 0 Å². The molecule has 2 rings (SSSR count). The van der Waals surface area contributed by atoms with Gasteiger partial charge in [0.2, 0.25) is 0 Å². The molecule has 1 aliphatic heterocycles. The summed E-state index contributed by atoms with van der Waals surface area (Å²) in [5.41, 5.74) is 3.37. The first-order valence-electron chi connectivity index (χ1n) is 6.33. The summed E-state index contributed by atoms with van der Waals surface area (Å²) in [5, 5.41) is 8.42. The Labute approximate surface area is 118 Å². The Morgan fingerprint density at radius 1 is 1.25 bits per heavy atom. The molecule has 0 amide bonds. The number of allylic oxidation sites excluding steroid dienone is 4. The zero-order chi connectivity index (χ0) is 14.4. The number of carboxylic acid groups (broad SMARTS) is 1. The molecule has 3 nitrogen and oxygen atoms in total. The summed E-state index contributed by atoms with van der Waals surface area (Å²) in [6.07, 6.45) is 11.9. The minimum atomic E-state index is -0.950. The van der Waals surface area contributed by atoms with E-state index < -0.39 is 5.97 Å². The van der Waals surface area contributed by atoms with Crippen LogP contribution in [0.5, 0.6) is 5.75 Å². The summed E-state index contributed by atoms with van der Waals surface area (Å²) in [4.78, 5) is 10.3. The topological polar surface area (TPSA) is 46.5 Å². The van der Waals surface area contributed by atoms with E-state index in [4.69, 9.17) is 9.84 Å². The first-order chi connectivity index (χ1) is 9.65. The number of carbonyl (C=O) groups is 1. The number of aryl methyl sites for hydroxylation is 1. The lowest BCUT2D eigenvalue weighted by Crippen LogP contribution is -2.05. The van der Waals surface area contributed by atoms with Crippen molar-refractivity contribution >= 4 is 12.0 Å². The number of ether oxygens (including phenoxy) is 1. The van der Waals surface area contributed by atoms with Crippen molar-refractivity contribution in [2.75, 3.05) is 6.61 Å². The SMILES string of the molecule is Cc1ccc2c(c1)C=C(C=CC=CC=CC(=O)O)CO2. The number of hydrogen-bond acceptors (Lipinski definition) is 2. The lowest BCUT2D eigenvalue weighted by molar-refractivity contribution is -0.131. The molecule has 1 aromatic rings. The van der Waals surface area contributed by atoms with Crippen molar-refractivity contribution < 1.29 is 14.6 Å². The van der Waals surface area contributed by atoms with Crippen molar-refractivity contribution in [3.05, 3.63) is 71.4 Å². The van der Waals surface area contributed by atoms with Gasteiger partial charge >= 0.3 is 5.97 Å². The van der Waals surface area contributed by atoms with Crippen LogP contribution in [0.15, 0.2) is 60.2 Å². The maximum absolute atomic E-state index is 10.3. The lowest BCUT2D eigenvalue weighted by Gasteiger charge is -2.16. The number of benzene rings is 1. The van der Waals surface area contributed by atoms with Gasteiger partial charge in [0.25, 0.3) is 0 Å². The molecule has 0 spiro atoms. The third kappa shape index (κ3) is 3.99. The Bertz CT molecular complexity index is 619. The molecule has 0 saturated carbocycles. The summed E-state index contributed by atoms with van der Waals surface area (Å²) in [7, 11) is 0. The highest BCUT2D eigenvalue weighted by Gasteiger charge is 2.08. The summed E-state index contributed by atoms with van der Waals surface area (Å²) >= 11 is 0. The average molecular weight is 268 g/mol. The maximum Gasteiger partial charge on any atom is 0.328 e. The molecule has 0 aromatic heterocycles. The van der Waals surface area contributed by atoms with E-state index in [0.29, 0.717) is 6.61 Å². The predicted octanol–water partition coefficient (Wildman–Crippen LogP) is 3.52. The number of aliphatic carboxylic acids is 1.